The van der Waals surface area contributed by atoms with Gasteiger partial charge in [-0.1, -0.05) is 36.3 Å². The number of rotatable bonds is 4. The van der Waals surface area contributed by atoms with E-state index in [0.717, 1.165) is 11.1 Å². The van der Waals surface area contributed by atoms with Gasteiger partial charge in [0.15, 0.2) is 0 Å². The second-order valence-electron chi connectivity index (χ2n) is 6.48. The number of hydrogen-bond donors (Lipinski definition) is 2. The fourth-order valence-electron chi connectivity index (χ4n) is 3.37. The number of non-ortho nitro benzene ring substituents is 2. The van der Waals surface area contributed by atoms with Gasteiger partial charge in [-0.05, 0) is 11.1 Å². The van der Waals surface area contributed by atoms with Crippen LogP contribution in [0.15, 0.2) is 53.7 Å². The van der Waals surface area contributed by atoms with Crippen molar-refractivity contribution in [3.8, 4) is 0 Å². The van der Waals surface area contributed by atoms with Crippen LogP contribution in [0.3, 0.4) is 0 Å². The van der Waals surface area contributed by atoms with E-state index in [4.69, 9.17) is 0 Å². The van der Waals surface area contributed by atoms with Gasteiger partial charge in [0.25, 0.3) is 11.4 Å². The van der Waals surface area contributed by atoms with E-state index in [2.05, 4.69) is 10.5 Å². The van der Waals surface area contributed by atoms with E-state index in [0.29, 0.717) is 12.1 Å². The Morgan fingerprint density at radius 3 is 1.89 bits per heavy atom. The fraction of sp³-hybridized carbons (Fsp3) is 0.278. The lowest BCUT2D eigenvalue weighted by Gasteiger charge is -2.37. The summed E-state index contributed by atoms with van der Waals surface area (Å²) < 4.78 is 0. The lowest BCUT2D eigenvalue weighted by molar-refractivity contribution is -0.385. The summed E-state index contributed by atoms with van der Waals surface area (Å²) in [6, 6.07) is 12.0. The summed E-state index contributed by atoms with van der Waals surface area (Å²) in [4.78, 5) is 20.8. The molecule has 1 aliphatic rings. The SMILES string of the molecule is C[C@H]1/C(=N/O)C[C@@H](c2ccc([N+](=O)[O-])cc2)N[C@H]1c1ccc([N+](=O)[O-])cc1. The van der Waals surface area contributed by atoms with Gasteiger partial charge in [-0.2, -0.15) is 0 Å². The second-order valence-corrected chi connectivity index (χ2v) is 6.48. The van der Waals surface area contributed by atoms with Crippen molar-refractivity contribution in [2.45, 2.75) is 25.4 Å². The van der Waals surface area contributed by atoms with Gasteiger partial charge in [0, 0.05) is 48.7 Å². The summed E-state index contributed by atoms with van der Waals surface area (Å²) >= 11 is 0. The Labute approximate surface area is 154 Å². The number of hydrogen-bond acceptors (Lipinski definition) is 7. The predicted octanol–water partition coefficient (Wildman–Crippen LogP) is 3.75. The van der Waals surface area contributed by atoms with Gasteiger partial charge in [0.2, 0.25) is 0 Å². The average molecular weight is 370 g/mol. The Morgan fingerprint density at radius 1 is 0.963 bits per heavy atom. The van der Waals surface area contributed by atoms with E-state index in [1.807, 2.05) is 6.92 Å². The van der Waals surface area contributed by atoms with Gasteiger partial charge in [-0.15, -0.1) is 0 Å². The van der Waals surface area contributed by atoms with E-state index in [1.54, 1.807) is 24.3 Å². The van der Waals surface area contributed by atoms with Gasteiger partial charge in [-0.3, -0.25) is 20.2 Å². The third-order valence-corrected chi connectivity index (χ3v) is 4.92. The molecule has 0 amide bonds. The largest absolute Gasteiger partial charge is 0.411 e. The monoisotopic (exact) mass is 370 g/mol. The summed E-state index contributed by atoms with van der Waals surface area (Å²) in [5.41, 5.74) is 2.28. The number of benzene rings is 2. The first-order valence-corrected chi connectivity index (χ1v) is 8.36. The summed E-state index contributed by atoms with van der Waals surface area (Å²) in [5.74, 6) is -0.120. The third kappa shape index (κ3) is 3.77. The second kappa shape index (κ2) is 7.50. The number of nitrogens with zero attached hydrogens (tertiary/aromatic N) is 3. The Hall–Kier alpha value is -3.33. The van der Waals surface area contributed by atoms with Crippen molar-refractivity contribution >= 4 is 17.1 Å². The zero-order valence-corrected chi connectivity index (χ0v) is 14.5. The van der Waals surface area contributed by atoms with Crippen LogP contribution in [0.4, 0.5) is 11.4 Å². The maximum atomic E-state index is 10.9. The molecule has 3 atom stereocenters. The molecule has 1 heterocycles. The van der Waals surface area contributed by atoms with Crippen LogP contribution >= 0.6 is 0 Å². The molecule has 27 heavy (non-hydrogen) atoms. The van der Waals surface area contributed by atoms with Crippen molar-refractivity contribution in [1.29, 1.82) is 0 Å². The molecule has 2 aromatic carbocycles. The summed E-state index contributed by atoms with van der Waals surface area (Å²) in [6.45, 7) is 1.92. The lowest BCUT2D eigenvalue weighted by Crippen LogP contribution is -2.41. The minimum absolute atomic E-state index is 0.00480. The Balaban J connectivity index is 1.89. The topological polar surface area (TPSA) is 131 Å². The third-order valence-electron chi connectivity index (χ3n) is 4.92. The number of nitrogens with one attached hydrogen (secondary N) is 1. The molecule has 0 aliphatic carbocycles. The quantitative estimate of drug-likeness (QED) is 0.479. The van der Waals surface area contributed by atoms with E-state index in [-0.39, 0.29) is 29.4 Å². The minimum Gasteiger partial charge on any atom is -0.411 e. The van der Waals surface area contributed by atoms with E-state index in [1.165, 1.54) is 24.3 Å². The molecule has 0 spiro atoms. The molecule has 0 bridgehead atoms. The molecule has 140 valence electrons. The molecular formula is C18H18N4O5. The molecular weight excluding hydrogens is 352 g/mol. The zero-order valence-electron chi connectivity index (χ0n) is 14.5. The molecule has 1 saturated heterocycles. The van der Waals surface area contributed by atoms with Crippen molar-refractivity contribution in [3.63, 3.8) is 0 Å². The molecule has 2 N–H and O–H groups in total. The van der Waals surface area contributed by atoms with E-state index < -0.39 is 9.85 Å². The molecule has 1 aliphatic heterocycles. The van der Waals surface area contributed by atoms with Crippen LogP contribution in [0.1, 0.15) is 36.6 Å². The van der Waals surface area contributed by atoms with Gasteiger partial charge in [0.05, 0.1) is 15.6 Å². The molecule has 0 aromatic heterocycles. The number of piperidine rings is 1. The Kier molecular flexibility index (Phi) is 5.13. The first-order valence-electron chi connectivity index (χ1n) is 8.36. The molecule has 3 rings (SSSR count). The van der Waals surface area contributed by atoms with Crippen LogP contribution < -0.4 is 5.32 Å². The van der Waals surface area contributed by atoms with Crippen LogP contribution in [-0.2, 0) is 0 Å². The van der Waals surface area contributed by atoms with Crippen LogP contribution in [0.5, 0.6) is 0 Å². The number of nitro benzene ring substituents is 2. The van der Waals surface area contributed by atoms with Gasteiger partial charge in [-0.25, -0.2) is 0 Å². The average Bonchev–Trinajstić information content (AvgIpc) is 2.68. The van der Waals surface area contributed by atoms with Crippen molar-refractivity contribution in [3.05, 3.63) is 79.9 Å². The highest BCUT2D eigenvalue weighted by Crippen LogP contribution is 2.36. The maximum Gasteiger partial charge on any atom is 0.269 e. The predicted molar refractivity (Wildman–Crippen MR) is 97.8 cm³/mol. The number of oxime groups is 1. The standard InChI is InChI=1S/C18H18N4O5/c1-11-16(20-23)10-17(12-2-6-14(7-3-12)21(24)25)19-18(11)13-4-8-15(9-5-13)22(26)27/h2-9,11,17-19,23H,10H2,1H3/b20-16+/t11-,17-,18+/m0/s1. The molecule has 0 radical (unpaired) electrons. The maximum absolute atomic E-state index is 10.9. The normalized spacial score (nSPS) is 23.9. The van der Waals surface area contributed by atoms with Crippen molar-refractivity contribution in [1.82, 2.24) is 5.32 Å². The van der Waals surface area contributed by atoms with Crippen molar-refractivity contribution in [2.75, 3.05) is 0 Å². The first kappa shape index (κ1) is 18.5. The Morgan fingerprint density at radius 2 is 1.44 bits per heavy atom. The minimum atomic E-state index is -0.458. The highest BCUT2D eigenvalue weighted by atomic mass is 16.6. The zero-order chi connectivity index (χ0) is 19.6. The highest BCUT2D eigenvalue weighted by molar-refractivity contribution is 5.88. The number of nitro groups is 2. The van der Waals surface area contributed by atoms with E-state index >= 15 is 0 Å². The van der Waals surface area contributed by atoms with Crippen LogP contribution in [0, 0.1) is 26.1 Å². The lowest BCUT2D eigenvalue weighted by atomic mass is 9.81. The molecule has 9 heteroatoms. The van der Waals surface area contributed by atoms with E-state index in [9.17, 15) is 25.4 Å². The first-order chi connectivity index (χ1) is 12.9. The van der Waals surface area contributed by atoms with Gasteiger partial charge < -0.3 is 10.5 Å². The van der Waals surface area contributed by atoms with Crippen molar-refractivity contribution < 1.29 is 15.1 Å². The van der Waals surface area contributed by atoms with Gasteiger partial charge >= 0.3 is 0 Å². The summed E-state index contributed by atoms with van der Waals surface area (Å²) in [5, 5.41) is 38.0. The molecule has 9 nitrogen and oxygen atoms in total. The fourth-order valence-corrected chi connectivity index (χ4v) is 3.37. The molecule has 1 fully saturated rings. The molecule has 0 unspecified atom stereocenters. The van der Waals surface area contributed by atoms with Crippen LogP contribution in [-0.4, -0.2) is 20.8 Å². The molecule has 2 aromatic rings. The van der Waals surface area contributed by atoms with Crippen LogP contribution in [0.25, 0.3) is 0 Å². The summed E-state index contributed by atoms with van der Waals surface area (Å²) in [6.07, 6.45) is 0.457. The molecule has 0 saturated carbocycles. The smallest absolute Gasteiger partial charge is 0.269 e. The van der Waals surface area contributed by atoms with Crippen LogP contribution in [0.2, 0.25) is 0 Å². The summed E-state index contributed by atoms with van der Waals surface area (Å²) in [7, 11) is 0. The Bertz CT molecular complexity index is 880. The van der Waals surface area contributed by atoms with Gasteiger partial charge in [0.1, 0.15) is 0 Å². The van der Waals surface area contributed by atoms with Crippen molar-refractivity contribution in [2.24, 2.45) is 11.1 Å². The highest BCUT2D eigenvalue weighted by Gasteiger charge is 2.34.